The molecule has 0 aliphatic carbocycles. The highest BCUT2D eigenvalue weighted by Crippen LogP contribution is 2.41. The van der Waals surface area contributed by atoms with E-state index < -0.39 is 39.2 Å². The van der Waals surface area contributed by atoms with Crippen molar-refractivity contribution in [3.05, 3.63) is 188 Å². The van der Waals surface area contributed by atoms with E-state index >= 15 is 0 Å². The number of sulfone groups is 1. The van der Waals surface area contributed by atoms with Crippen LogP contribution in [0.4, 0.5) is 17.1 Å². The number of carbonyl (C=O) groups excluding carboxylic acids is 4. The summed E-state index contributed by atoms with van der Waals surface area (Å²) < 4.78 is 51.1. The first kappa shape index (κ1) is 70.5. The summed E-state index contributed by atoms with van der Waals surface area (Å²) in [6, 6.07) is 41.3. The minimum absolute atomic E-state index is 0.0205. The van der Waals surface area contributed by atoms with Gasteiger partial charge in [-0.05, 0) is 157 Å². The van der Waals surface area contributed by atoms with Crippen LogP contribution in [0, 0.1) is 12.3 Å². The number of phenols is 1. The standard InChI is InChI=1S/C52H61ClN2O8S.C19H21Cl2NO3/c1-10-51(6,7)36-22-29-45(42(31-36)52(8,9)11-2)61-30-16-21-46(56)54-37-23-28-43(53)44(32-37)55-49(58)47(48(57)50(3,4)5)63-38-24-26-40(27-25-38)64(59,60)41-20-15-19-39(33-41)62-34-35-17-13-12-14-18-35;1-4-13-14(20)10-15(18(23)17(13)21)22-19(24)16(5-2)25-12-8-6-7-11(3)9-12/h12-15,17-20,22-29,31-33,47H,10-11,16,21,30,34H2,1-9H3,(H,54,56)(H,55,58);6-10,16,23H,4-5H2,1-3H3,(H,22,24). The fraction of sp³-hybridized carbons (Fsp3) is 0.352. The molecule has 14 nitrogen and oxygen atoms in total. The quantitative estimate of drug-likeness (QED) is 0.0229. The number of ketones is 1. The molecule has 7 aromatic carbocycles. The Balaban J connectivity index is 0.000000420. The van der Waals surface area contributed by atoms with Gasteiger partial charge in [-0.3, -0.25) is 19.2 Å². The third-order valence-electron chi connectivity index (χ3n) is 15.4. The maximum Gasteiger partial charge on any atom is 0.273 e. The molecule has 0 radical (unpaired) electrons. The lowest BCUT2D eigenvalue weighted by atomic mass is 9.76. The van der Waals surface area contributed by atoms with Gasteiger partial charge in [-0.2, -0.15) is 0 Å². The van der Waals surface area contributed by atoms with Gasteiger partial charge in [0.2, 0.25) is 21.8 Å². The number of ether oxygens (including phenoxy) is 4. The third kappa shape index (κ3) is 19.2. The van der Waals surface area contributed by atoms with Crippen molar-refractivity contribution in [3.8, 4) is 28.7 Å². The summed E-state index contributed by atoms with van der Waals surface area (Å²) in [5.41, 5.74) is 4.70. The van der Waals surface area contributed by atoms with Crippen molar-refractivity contribution in [3.63, 3.8) is 0 Å². The lowest BCUT2D eigenvalue weighted by molar-refractivity contribution is -0.140. The molecule has 0 fully saturated rings. The zero-order valence-corrected chi connectivity index (χ0v) is 55.8. The summed E-state index contributed by atoms with van der Waals surface area (Å²) in [5, 5.41) is 19.1. The Morgan fingerprint density at radius 2 is 1.27 bits per heavy atom. The molecule has 7 rings (SSSR count). The predicted molar refractivity (Wildman–Crippen MR) is 357 cm³/mol. The molecule has 3 amide bonds. The van der Waals surface area contributed by atoms with Gasteiger partial charge in [-0.1, -0.05) is 172 Å². The summed E-state index contributed by atoms with van der Waals surface area (Å²) in [4.78, 5) is 53.1. The van der Waals surface area contributed by atoms with Gasteiger partial charge >= 0.3 is 0 Å². The topological polar surface area (TPSA) is 196 Å². The molecule has 7 aromatic rings. The van der Waals surface area contributed by atoms with Crippen LogP contribution in [-0.4, -0.2) is 55.8 Å². The maximum atomic E-state index is 13.8. The fourth-order valence-corrected chi connectivity index (χ4v) is 11.2. The van der Waals surface area contributed by atoms with Crippen LogP contribution in [0.1, 0.15) is 136 Å². The van der Waals surface area contributed by atoms with Gasteiger partial charge in [0.1, 0.15) is 29.6 Å². The second-order valence-corrected chi connectivity index (χ2v) is 27.1. The normalized spacial score (nSPS) is 12.3. The molecule has 0 spiro atoms. The molecule has 2 atom stereocenters. The van der Waals surface area contributed by atoms with Crippen LogP contribution in [0.2, 0.25) is 15.1 Å². The number of hydrogen-bond acceptors (Lipinski definition) is 11. The molecule has 0 saturated heterocycles. The lowest BCUT2D eigenvalue weighted by Gasteiger charge is -2.30. The number of rotatable bonds is 26. The SMILES string of the molecule is CCC(C)(C)c1ccc(OCCCC(=O)Nc2ccc(Cl)c(NC(=O)C(Oc3ccc(S(=O)(=O)c4cccc(OCc5ccccc5)c4)cc3)C(=O)C(C)(C)C)c2)c(C(C)(C)CC)c1.CCc1c(Cl)cc(NC(=O)C(CC)Oc2cccc(C)c2)c(O)c1Cl. The van der Waals surface area contributed by atoms with E-state index in [1.165, 1.54) is 60.2 Å². The number of halogens is 3. The molecule has 2 unspecified atom stereocenters. The highest BCUT2D eigenvalue weighted by molar-refractivity contribution is 7.91. The number of anilines is 3. The first-order valence-corrected chi connectivity index (χ1v) is 32.4. The summed E-state index contributed by atoms with van der Waals surface area (Å²) in [7, 11) is -3.97. The molecular weight excluding hydrogens is 1210 g/mol. The molecule has 0 aliphatic heterocycles. The Kier molecular flexibility index (Phi) is 24.8. The average molecular weight is 1290 g/mol. The van der Waals surface area contributed by atoms with Crippen molar-refractivity contribution in [2.75, 3.05) is 22.6 Å². The van der Waals surface area contributed by atoms with E-state index in [1.54, 1.807) is 45.0 Å². The molecule has 0 aromatic heterocycles. The molecule has 0 bridgehead atoms. The zero-order valence-electron chi connectivity index (χ0n) is 52.7. The van der Waals surface area contributed by atoms with Gasteiger partial charge in [-0.15, -0.1) is 0 Å². The van der Waals surface area contributed by atoms with Crippen LogP contribution in [0.25, 0.3) is 0 Å². The van der Waals surface area contributed by atoms with Crippen LogP contribution in [0.5, 0.6) is 28.7 Å². The summed E-state index contributed by atoms with van der Waals surface area (Å²) in [6.45, 7) is 24.6. The van der Waals surface area contributed by atoms with E-state index in [1.807, 2.05) is 75.4 Å². The van der Waals surface area contributed by atoms with Crippen molar-refractivity contribution in [2.24, 2.45) is 5.41 Å². The van der Waals surface area contributed by atoms with Gasteiger partial charge in [0.05, 0.1) is 37.8 Å². The Morgan fingerprint density at radius 3 is 1.91 bits per heavy atom. The monoisotopic (exact) mass is 1290 g/mol. The van der Waals surface area contributed by atoms with Crippen LogP contribution >= 0.6 is 34.8 Å². The van der Waals surface area contributed by atoms with E-state index in [0.29, 0.717) is 53.6 Å². The number of aromatic hydroxyl groups is 1. The first-order chi connectivity index (χ1) is 42.0. The zero-order chi connectivity index (χ0) is 65.4. The molecule has 89 heavy (non-hydrogen) atoms. The lowest BCUT2D eigenvalue weighted by Crippen LogP contribution is -2.45. The highest BCUT2D eigenvalue weighted by Gasteiger charge is 2.37. The second kappa shape index (κ2) is 31.3. The van der Waals surface area contributed by atoms with Crippen molar-refractivity contribution in [1.82, 2.24) is 0 Å². The summed E-state index contributed by atoms with van der Waals surface area (Å²) in [5.74, 6) is -0.230. The molecular formula is C71H82Cl3N3O11S. The molecule has 0 aliphatic rings. The van der Waals surface area contributed by atoms with Gasteiger partial charge in [0.15, 0.2) is 17.6 Å². The maximum absolute atomic E-state index is 13.8. The molecule has 474 valence electrons. The Labute approximate surface area is 539 Å². The number of carbonyl (C=O) groups is 4. The van der Waals surface area contributed by atoms with Gasteiger partial charge in [0.25, 0.3) is 11.8 Å². The summed E-state index contributed by atoms with van der Waals surface area (Å²) in [6.07, 6.45) is 1.32. The third-order valence-corrected chi connectivity index (χ3v) is 18.2. The van der Waals surface area contributed by atoms with Gasteiger partial charge in [-0.25, -0.2) is 8.42 Å². The Morgan fingerprint density at radius 1 is 0.607 bits per heavy atom. The number of aryl methyl sites for hydroxylation is 1. The largest absolute Gasteiger partial charge is 0.504 e. The van der Waals surface area contributed by atoms with Crippen molar-refractivity contribution < 1.29 is 51.6 Å². The predicted octanol–water partition coefficient (Wildman–Crippen LogP) is 17.3. The summed E-state index contributed by atoms with van der Waals surface area (Å²) >= 11 is 18.8. The van der Waals surface area contributed by atoms with Gasteiger partial charge in [0, 0.05) is 28.1 Å². The molecule has 0 saturated carbocycles. The van der Waals surface area contributed by atoms with Crippen LogP contribution < -0.4 is 34.9 Å². The number of phenolic OH excluding ortho intramolecular Hbond substituents is 1. The smallest absolute Gasteiger partial charge is 0.273 e. The first-order valence-electron chi connectivity index (χ1n) is 29.8. The number of hydrogen-bond donors (Lipinski definition) is 4. The Hall–Kier alpha value is -7.56. The average Bonchev–Trinajstić information content (AvgIpc) is 1.69. The molecule has 4 N–H and O–H groups in total. The van der Waals surface area contributed by atoms with E-state index in [2.05, 4.69) is 69.6 Å². The number of amides is 3. The van der Waals surface area contributed by atoms with Crippen molar-refractivity contribution in [2.45, 2.75) is 161 Å². The number of nitrogens with one attached hydrogen (secondary N) is 3. The van der Waals surface area contributed by atoms with E-state index in [9.17, 15) is 32.7 Å². The van der Waals surface area contributed by atoms with Crippen LogP contribution in [0.15, 0.2) is 155 Å². The molecule has 0 heterocycles. The van der Waals surface area contributed by atoms with Crippen LogP contribution in [0.3, 0.4) is 0 Å². The minimum Gasteiger partial charge on any atom is -0.504 e. The fourth-order valence-electron chi connectivity index (χ4n) is 9.05. The van der Waals surface area contributed by atoms with E-state index in [0.717, 1.165) is 35.3 Å². The van der Waals surface area contributed by atoms with Gasteiger partial charge < -0.3 is 40.0 Å². The van der Waals surface area contributed by atoms with Crippen LogP contribution in [-0.2, 0) is 52.9 Å². The van der Waals surface area contributed by atoms with Crippen molar-refractivity contribution >= 4 is 85.2 Å². The van der Waals surface area contributed by atoms with E-state index in [4.69, 9.17) is 53.8 Å². The van der Waals surface area contributed by atoms with E-state index in [-0.39, 0.29) is 78.4 Å². The Bertz CT molecular complexity index is 3720. The number of benzene rings is 7. The highest BCUT2D eigenvalue weighted by atomic mass is 35.5. The molecule has 18 heteroatoms. The second-order valence-electron chi connectivity index (χ2n) is 23.9. The minimum atomic E-state index is -3.97. The van der Waals surface area contributed by atoms with Crippen molar-refractivity contribution in [1.29, 1.82) is 0 Å². The number of Topliss-reactive ketones (excluding diaryl/α,β-unsaturated/α-hetero) is 1.